The van der Waals surface area contributed by atoms with E-state index >= 15 is 0 Å². The van der Waals surface area contributed by atoms with E-state index in [1.54, 1.807) is 0 Å². The van der Waals surface area contributed by atoms with Crippen LogP contribution in [0.15, 0.2) is 11.2 Å². The Bertz CT molecular complexity index is 321. The molecule has 13 heavy (non-hydrogen) atoms. The first-order valence-corrected chi connectivity index (χ1v) is 4.26. The van der Waals surface area contributed by atoms with E-state index in [2.05, 4.69) is 15.1 Å². The minimum atomic E-state index is 0.537. The van der Waals surface area contributed by atoms with Gasteiger partial charge in [0.1, 0.15) is 0 Å². The number of aryl methyl sites for hydroxylation is 3. The second-order valence-electron chi connectivity index (χ2n) is 2.96. The summed E-state index contributed by atoms with van der Waals surface area (Å²) in [7, 11) is 0. The third-order valence-electron chi connectivity index (χ3n) is 1.79. The van der Waals surface area contributed by atoms with Crippen LogP contribution in [0.2, 0.25) is 0 Å². The first-order chi connectivity index (χ1) is 6.24. The lowest BCUT2D eigenvalue weighted by Gasteiger charge is -2.00. The lowest BCUT2D eigenvalue weighted by molar-refractivity contribution is 0.567. The van der Waals surface area contributed by atoms with E-state index < -0.39 is 0 Å². The molecule has 0 aliphatic heterocycles. The molecule has 0 radical (unpaired) electrons. The highest BCUT2D eigenvalue weighted by Crippen LogP contribution is 2.02. The van der Waals surface area contributed by atoms with E-state index in [1.807, 2.05) is 24.6 Å². The van der Waals surface area contributed by atoms with Crippen molar-refractivity contribution in [3.63, 3.8) is 0 Å². The quantitative estimate of drug-likeness (QED) is 0.302. The van der Waals surface area contributed by atoms with Gasteiger partial charge in [-0.25, -0.2) is 0 Å². The third kappa shape index (κ3) is 2.80. The number of azide groups is 1. The topological polar surface area (TPSA) is 66.6 Å². The lowest BCUT2D eigenvalue weighted by Crippen LogP contribution is -2.03. The predicted molar refractivity (Wildman–Crippen MR) is 50.3 cm³/mol. The Morgan fingerprint density at radius 3 is 2.92 bits per heavy atom. The molecular weight excluding hydrogens is 166 g/mol. The van der Waals surface area contributed by atoms with Gasteiger partial charge in [0.05, 0.1) is 5.69 Å². The molecule has 0 amide bonds. The minimum absolute atomic E-state index is 0.537. The van der Waals surface area contributed by atoms with Gasteiger partial charge in [0.25, 0.3) is 0 Å². The first-order valence-electron chi connectivity index (χ1n) is 4.26. The fourth-order valence-corrected chi connectivity index (χ4v) is 1.24. The summed E-state index contributed by atoms with van der Waals surface area (Å²) in [6.07, 6.45) is 0.839. The largest absolute Gasteiger partial charge is 0.270 e. The van der Waals surface area contributed by atoms with Gasteiger partial charge < -0.3 is 0 Å². The fourth-order valence-electron chi connectivity index (χ4n) is 1.24. The summed E-state index contributed by atoms with van der Waals surface area (Å²) in [6, 6.07) is 2.04. The smallest absolute Gasteiger partial charge is 0.0596 e. The Hall–Kier alpha value is -1.48. The van der Waals surface area contributed by atoms with Crippen LogP contribution in [0.4, 0.5) is 0 Å². The molecule has 1 heterocycles. The second kappa shape index (κ2) is 4.52. The van der Waals surface area contributed by atoms with E-state index in [0.29, 0.717) is 6.54 Å². The molecule has 0 N–H and O–H groups in total. The Morgan fingerprint density at radius 2 is 2.38 bits per heavy atom. The van der Waals surface area contributed by atoms with Crippen molar-refractivity contribution >= 4 is 0 Å². The Kier molecular flexibility index (Phi) is 3.34. The zero-order chi connectivity index (χ0) is 9.68. The Morgan fingerprint density at radius 1 is 1.62 bits per heavy atom. The second-order valence-corrected chi connectivity index (χ2v) is 2.96. The van der Waals surface area contributed by atoms with Crippen molar-refractivity contribution in [3.05, 3.63) is 27.9 Å². The molecule has 0 saturated carbocycles. The van der Waals surface area contributed by atoms with Gasteiger partial charge in [0, 0.05) is 23.7 Å². The molecule has 0 atom stereocenters. The summed E-state index contributed by atoms with van der Waals surface area (Å²) in [5, 5.41) is 7.75. The monoisotopic (exact) mass is 179 g/mol. The van der Waals surface area contributed by atoms with Crippen LogP contribution >= 0.6 is 0 Å². The van der Waals surface area contributed by atoms with Gasteiger partial charge in [0.2, 0.25) is 0 Å². The van der Waals surface area contributed by atoms with Crippen molar-refractivity contribution in [2.75, 3.05) is 6.54 Å². The maximum absolute atomic E-state index is 8.06. The van der Waals surface area contributed by atoms with Crippen molar-refractivity contribution < 1.29 is 0 Å². The van der Waals surface area contributed by atoms with E-state index in [1.165, 1.54) is 0 Å². The minimum Gasteiger partial charge on any atom is -0.270 e. The molecule has 1 aromatic heterocycles. The van der Waals surface area contributed by atoms with Gasteiger partial charge in [-0.3, -0.25) is 4.68 Å². The van der Waals surface area contributed by atoms with Crippen LogP contribution in [-0.4, -0.2) is 16.3 Å². The van der Waals surface area contributed by atoms with Crippen LogP contribution in [-0.2, 0) is 6.54 Å². The SMILES string of the molecule is Cc1cc(C)n(CCCN=[N+]=[N-])n1. The van der Waals surface area contributed by atoms with Crippen LogP contribution in [0.5, 0.6) is 0 Å². The van der Waals surface area contributed by atoms with E-state index in [0.717, 1.165) is 24.4 Å². The van der Waals surface area contributed by atoms with Crippen LogP contribution in [0.25, 0.3) is 10.4 Å². The maximum atomic E-state index is 8.06. The van der Waals surface area contributed by atoms with Crippen molar-refractivity contribution in [1.29, 1.82) is 0 Å². The van der Waals surface area contributed by atoms with Crippen LogP contribution in [0.1, 0.15) is 17.8 Å². The van der Waals surface area contributed by atoms with Gasteiger partial charge in [-0.1, -0.05) is 5.11 Å². The van der Waals surface area contributed by atoms with Gasteiger partial charge in [-0.15, -0.1) is 0 Å². The molecular formula is C8H13N5. The summed E-state index contributed by atoms with van der Waals surface area (Å²) < 4.78 is 1.93. The summed E-state index contributed by atoms with van der Waals surface area (Å²) in [6.45, 7) is 5.35. The molecule has 0 aliphatic carbocycles. The molecule has 0 bridgehead atoms. The average Bonchev–Trinajstić information content (AvgIpc) is 2.39. The number of nitrogens with zero attached hydrogens (tertiary/aromatic N) is 5. The maximum Gasteiger partial charge on any atom is 0.0596 e. The summed E-state index contributed by atoms with van der Waals surface area (Å²) in [5.74, 6) is 0. The zero-order valence-electron chi connectivity index (χ0n) is 7.93. The number of hydrogen-bond acceptors (Lipinski definition) is 2. The molecule has 5 heteroatoms. The van der Waals surface area contributed by atoms with E-state index in [4.69, 9.17) is 5.53 Å². The molecule has 0 fully saturated rings. The molecule has 0 spiro atoms. The highest BCUT2D eigenvalue weighted by molar-refractivity contribution is 5.06. The summed E-state index contributed by atoms with van der Waals surface area (Å²) in [5.41, 5.74) is 10.2. The lowest BCUT2D eigenvalue weighted by atomic mass is 10.4. The normalized spacial score (nSPS) is 9.69. The Labute approximate surface area is 77.0 Å². The highest BCUT2D eigenvalue weighted by Gasteiger charge is 1.98. The van der Waals surface area contributed by atoms with Gasteiger partial charge in [0.15, 0.2) is 0 Å². The molecule has 0 aliphatic rings. The molecule has 1 rings (SSSR count). The van der Waals surface area contributed by atoms with Crippen LogP contribution in [0, 0.1) is 13.8 Å². The average molecular weight is 179 g/mol. The fraction of sp³-hybridized carbons (Fsp3) is 0.625. The zero-order valence-corrected chi connectivity index (χ0v) is 7.93. The standard InChI is InChI=1S/C8H13N5/c1-7-6-8(2)13(11-7)5-3-4-10-12-9/h6H,3-5H2,1-2H3. The van der Waals surface area contributed by atoms with Gasteiger partial charge in [-0.05, 0) is 31.9 Å². The van der Waals surface area contributed by atoms with Gasteiger partial charge >= 0.3 is 0 Å². The summed E-state index contributed by atoms with van der Waals surface area (Å²) in [4.78, 5) is 2.69. The van der Waals surface area contributed by atoms with Crippen LogP contribution in [0.3, 0.4) is 0 Å². The third-order valence-corrected chi connectivity index (χ3v) is 1.79. The predicted octanol–water partition coefficient (Wildman–Crippen LogP) is 2.20. The van der Waals surface area contributed by atoms with Crippen molar-refractivity contribution in [2.24, 2.45) is 5.11 Å². The van der Waals surface area contributed by atoms with Crippen molar-refractivity contribution in [1.82, 2.24) is 9.78 Å². The molecule has 70 valence electrons. The molecule has 0 aromatic carbocycles. The number of hydrogen-bond donors (Lipinski definition) is 0. The molecule has 0 unspecified atom stereocenters. The van der Waals surface area contributed by atoms with Gasteiger partial charge in [-0.2, -0.15) is 5.10 Å². The van der Waals surface area contributed by atoms with E-state index in [9.17, 15) is 0 Å². The van der Waals surface area contributed by atoms with Crippen molar-refractivity contribution in [3.8, 4) is 0 Å². The van der Waals surface area contributed by atoms with Crippen LogP contribution < -0.4 is 0 Å². The van der Waals surface area contributed by atoms with Crippen molar-refractivity contribution in [2.45, 2.75) is 26.8 Å². The highest BCUT2D eigenvalue weighted by atomic mass is 15.3. The number of rotatable bonds is 4. The first kappa shape index (κ1) is 9.61. The number of aromatic nitrogens is 2. The molecule has 0 saturated heterocycles. The summed E-state index contributed by atoms with van der Waals surface area (Å²) >= 11 is 0. The molecule has 1 aromatic rings. The van der Waals surface area contributed by atoms with E-state index in [-0.39, 0.29) is 0 Å². The Balaban J connectivity index is 2.44. The molecule has 5 nitrogen and oxygen atoms in total.